The number of para-hydroxylation sites is 1. The van der Waals surface area contributed by atoms with Crippen LogP contribution >= 0.6 is 0 Å². The molecule has 3 aliphatic heterocycles. The van der Waals surface area contributed by atoms with E-state index in [9.17, 15) is 14.4 Å². The van der Waals surface area contributed by atoms with E-state index >= 15 is 0 Å². The van der Waals surface area contributed by atoms with Crippen LogP contribution in [0.1, 0.15) is 39.4 Å². The first kappa shape index (κ1) is 24.4. The van der Waals surface area contributed by atoms with Gasteiger partial charge in [0.2, 0.25) is 17.7 Å². The molecule has 0 saturated carbocycles. The average Bonchev–Trinajstić information content (AvgIpc) is 2.87. The summed E-state index contributed by atoms with van der Waals surface area (Å²) in [6.07, 6.45) is 1.04. The predicted octanol–water partition coefficient (Wildman–Crippen LogP) is 1.42. The van der Waals surface area contributed by atoms with Gasteiger partial charge in [-0.15, -0.1) is 0 Å². The van der Waals surface area contributed by atoms with Crippen molar-refractivity contribution in [3.8, 4) is 0 Å². The molecule has 10 heteroatoms. The molecule has 2 saturated heterocycles. The van der Waals surface area contributed by atoms with Gasteiger partial charge >= 0.3 is 0 Å². The molecule has 3 amide bonds. The molecule has 192 valence electrons. The zero-order chi connectivity index (χ0) is 25.4. The highest BCUT2D eigenvalue weighted by molar-refractivity contribution is 5.92. The molecular weight excluding hydrogens is 458 g/mol. The number of aromatic nitrogens is 2. The molecule has 10 nitrogen and oxygen atoms in total. The number of likely N-dealkylation sites (tertiary alicyclic amines) is 1. The number of nitrogens with zero attached hydrogens (tertiary/aromatic N) is 5. The number of benzene rings is 1. The van der Waals surface area contributed by atoms with Crippen LogP contribution in [0.3, 0.4) is 0 Å². The van der Waals surface area contributed by atoms with Crippen molar-refractivity contribution < 1.29 is 14.4 Å². The van der Waals surface area contributed by atoms with Crippen molar-refractivity contribution in [2.45, 2.75) is 52.4 Å². The molecule has 0 aliphatic carbocycles. The number of amides is 3. The lowest BCUT2D eigenvalue weighted by molar-refractivity contribution is -0.144. The van der Waals surface area contributed by atoms with Crippen LogP contribution in [0, 0.1) is 11.8 Å². The lowest BCUT2D eigenvalue weighted by Crippen LogP contribution is -2.63. The lowest BCUT2D eigenvalue weighted by atomic mass is 9.94. The summed E-state index contributed by atoms with van der Waals surface area (Å²) >= 11 is 0. The van der Waals surface area contributed by atoms with E-state index in [1.807, 2.05) is 43.0 Å². The summed E-state index contributed by atoms with van der Waals surface area (Å²) in [5, 5.41) is 7.48. The highest BCUT2D eigenvalue weighted by atomic mass is 16.2. The smallest absolute Gasteiger partial charge is 0.244 e. The van der Waals surface area contributed by atoms with Crippen molar-refractivity contribution in [1.82, 2.24) is 30.0 Å². The second-order valence-corrected chi connectivity index (χ2v) is 10.4. The average molecular weight is 494 g/mol. The van der Waals surface area contributed by atoms with Crippen molar-refractivity contribution in [2.24, 2.45) is 11.8 Å². The third-order valence-corrected chi connectivity index (χ3v) is 7.64. The van der Waals surface area contributed by atoms with E-state index in [0.29, 0.717) is 63.8 Å². The van der Waals surface area contributed by atoms with E-state index in [1.165, 1.54) is 0 Å². The van der Waals surface area contributed by atoms with Crippen LogP contribution < -0.4 is 10.6 Å². The summed E-state index contributed by atoms with van der Waals surface area (Å²) in [6, 6.07) is 7.36. The van der Waals surface area contributed by atoms with Gasteiger partial charge in [-0.3, -0.25) is 19.3 Å². The largest absolute Gasteiger partial charge is 0.358 e. The van der Waals surface area contributed by atoms with Crippen LogP contribution in [0.15, 0.2) is 24.3 Å². The number of carbonyl (C=O) groups excluding carboxylic acids is 3. The first-order chi connectivity index (χ1) is 17.3. The Balaban J connectivity index is 1.38. The van der Waals surface area contributed by atoms with Gasteiger partial charge in [0.25, 0.3) is 0 Å². The fraction of sp³-hybridized carbons (Fsp3) is 0.577. The number of hydrogen-bond donors (Lipinski definition) is 2. The summed E-state index contributed by atoms with van der Waals surface area (Å²) in [5.41, 5.74) is 0.843. The van der Waals surface area contributed by atoms with E-state index < -0.39 is 6.04 Å². The van der Waals surface area contributed by atoms with E-state index in [-0.39, 0.29) is 35.7 Å². The maximum atomic E-state index is 13.5. The molecule has 36 heavy (non-hydrogen) atoms. The normalized spacial score (nSPS) is 23.7. The van der Waals surface area contributed by atoms with Gasteiger partial charge in [0.1, 0.15) is 23.8 Å². The molecule has 0 radical (unpaired) electrons. The maximum Gasteiger partial charge on any atom is 0.244 e. The molecule has 2 fully saturated rings. The summed E-state index contributed by atoms with van der Waals surface area (Å²) in [5.74, 6) is 1.39. The number of hydrogen-bond acceptors (Lipinski definition) is 7. The minimum atomic E-state index is -0.474. The molecule has 2 N–H and O–H groups in total. The van der Waals surface area contributed by atoms with Gasteiger partial charge in [-0.05, 0) is 30.9 Å². The predicted molar refractivity (Wildman–Crippen MR) is 136 cm³/mol. The molecule has 3 aliphatic rings. The van der Waals surface area contributed by atoms with E-state index in [2.05, 4.69) is 15.5 Å². The van der Waals surface area contributed by atoms with Crippen molar-refractivity contribution in [1.29, 1.82) is 0 Å². The zero-order valence-electron chi connectivity index (χ0n) is 21.2. The van der Waals surface area contributed by atoms with Gasteiger partial charge in [-0.25, -0.2) is 9.97 Å². The van der Waals surface area contributed by atoms with Crippen LogP contribution in [0.2, 0.25) is 0 Å². The number of piperidine rings is 1. The number of piperazine rings is 1. The highest BCUT2D eigenvalue weighted by Crippen LogP contribution is 2.26. The zero-order valence-corrected chi connectivity index (χ0v) is 21.2. The molecule has 1 unspecified atom stereocenters. The fourth-order valence-electron chi connectivity index (χ4n) is 5.47. The topological polar surface area (TPSA) is 111 Å². The Kier molecular flexibility index (Phi) is 6.79. The SMILES string of the molecule is CC(=O)N1CCC(C(=O)N2CCN3Cc4nc(c5ccccc5n4)N[C@@H](C(C)C)C(=O)NC3C2)CC1. The third kappa shape index (κ3) is 4.86. The molecule has 1 aromatic carbocycles. The van der Waals surface area contributed by atoms with Gasteiger partial charge in [-0.1, -0.05) is 26.0 Å². The minimum absolute atomic E-state index is 0.0304. The second-order valence-electron chi connectivity index (χ2n) is 10.4. The third-order valence-electron chi connectivity index (χ3n) is 7.64. The van der Waals surface area contributed by atoms with Crippen LogP contribution in [-0.4, -0.2) is 87.3 Å². The van der Waals surface area contributed by atoms with Crippen molar-refractivity contribution in [3.05, 3.63) is 30.1 Å². The second kappa shape index (κ2) is 10.0. The molecule has 4 heterocycles. The van der Waals surface area contributed by atoms with Gasteiger partial charge in [0.15, 0.2) is 0 Å². The van der Waals surface area contributed by atoms with Crippen LogP contribution in [-0.2, 0) is 20.9 Å². The Morgan fingerprint density at radius 3 is 2.47 bits per heavy atom. The van der Waals surface area contributed by atoms with Gasteiger partial charge in [-0.2, -0.15) is 0 Å². The monoisotopic (exact) mass is 493 g/mol. The first-order valence-electron chi connectivity index (χ1n) is 12.9. The van der Waals surface area contributed by atoms with Gasteiger partial charge < -0.3 is 20.4 Å². The number of carbonyl (C=O) groups is 3. The Bertz CT molecular complexity index is 1160. The highest BCUT2D eigenvalue weighted by Gasteiger charge is 2.37. The molecular formula is C26H35N7O3. The Hall–Kier alpha value is -3.27. The summed E-state index contributed by atoms with van der Waals surface area (Å²) in [4.78, 5) is 53.9. The Morgan fingerprint density at radius 2 is 1.75 bits per heavy atom. The molecule has 1 aromatic heterocycles. The molecule has 2 atom stereocenters. The number of rotatable bonds is 2. The van der Waals surface area contributed by atoms with Gasteiger partial charge in [0.05, 0.1) is 18.6 Å². The fourth-order valence-corrected chi connectivity index (χ4v) is 5.47. The van der Waals surface area contributed by atoms with Crippen molar-refractivity contribution in [3.63, 3.8) is 0 Å². The molecule has 2 bridgehead atoms. The molecule has 0 spiro atoms. The van der Waals surface area contributed by atoms with Crippen LogP contribution in [0.5, 0.6) is 0 Å². The number of anilines is 1. The van der Waals surface area contributed by atoms with Crippen molar-refractivity contribution in [2.75, 3.05) is 38.0 Å². The summed E-state index contributed by atoms with van der Waals surface area (Å²) < 4.78 is 0. The standard InChI is InChI=1S/C26H35N7O3/c1-16(2)23-25(35)29-22-15-33(26(36)18-8-10-31(11-9-18)17(3)34)13-12-32(22)14-21-27-20-7-5-4-6-19(20)24(28-21)30-23/h4-7,16,18,22-23H,8-15H2,1-3H3,(H,29,35)(H,27,28,30)/t22?,23-/m0/s1. The number of nitrogens with one attached hydrogen (secondary N) is 2. The molecule has 5 rings (SSSR count). The van der Waals surface area contributed by atoms with Crippen LogP contribution in [0.25, 0.3) is 10.9 Å². The summed E-state index contributed by atoms with van der Waals surface area (Å²) in [7, 11) is 0. The quantitative estimate of drug-likeness (QED) is 0.651. The van der Waals surface area contributed by atoms with E-state index in [1.54, 1.807) is 11.8 Å². The summed E-state index contributed by atoms with van der Waals surface area (Å²) in [6.45, 7) is 8.94. The lowest BCUT2D eigenvalue weighted by Gasteiger charge is -2.44. The Morgan fingerprint density at radius 1 is 1.00 bits per heavy atom. The maximum absolute atomic E-state index is 13.5. The molecule has 2 aromatic rings. The minimum Gasteiger partial charge on any atom is -0.358 e. The Labute approximate surface area is 211 Å². The van der Waals surface area contributed by atoms with E-state index in [4.69, 9.17) is 9.97 Å². The van der Waals surface area contributed by atoms with Crippen molar-refractivity contribution >= 4 is 34.4 Å². The first-order valence-corrected chi connectivity index (χ1v) is 12.9. The number of fused-ring (bicyclic) bond motifs is 5. The van der Waals surface area contributed by atoms with Crippen LogP contribution in [0.4, 0.5) is 5.82 Å². The van der Waals surface area contributed by atoms with Gasteiger partial charge in [0, 0.05) is 44.4 Å². The van der Waals surface area contributed by atoms with E-state index in [0.717, 1.165) is 10.9 Å².